The van der Waals surface area contributed by atoms with Crippen LogP contribution in [0, 0.1) is 6.92 Å². The average molecular weight is 318 g/mol. The number of aryl methyl sites for hydroxylation is 1. The van der Waals surface area contributed by atoms with Crippen molar-refractivity contribution in [3.63, 3.8) is 0 Å². The van der Waals surface area contributed by atoms with Crippen LogP contribution in [0.3, 0.4) is 0 Å². The molecule has 0 saturated heterocycles. The van der Waals surface area contributed by atoms with Crippen LogP contribution in [0.2, 0.25) is 0 Å². The summed E-state index contributed by atoms with van der Waals surface area (Å²) in [4.78, 5) is 20.5. The summed E-state index contributed by atoms with van der Waals surface area (Å²) < 4.78 is 0. The molecule has 0 aliphatic heterocycles. The Morgan fingerprint density at radius 3 is 2.62 bits per heavy atom. The van der Waals surface area contributed by atoms with E-state index in [-0.39, 0.29) is 5.91 Å². The smallest absolute Gasteiger partial charge is 0.255 e. The van der Waals surface area contributed by atoms with Crippen molar-refractivity contribution in [3.8, 4) is 0 Å². The number of carbonyl (C=O) groups is 1. The van der Waals surface area contributed by atoms with E-state index in [0.717, 1.165) is 22.8 Å². The number of amides is 1. The van der Waals surface area contributed by atoms with Gasteiger partial charge < -0.3 is 10.6 Å². The summed E-state index contributed by atoms with van der Waals surface area (Å²) in [7, 11) is 0. The fourth-order valence-corrected chi connectivity index (χ4v) is 2.30. The summed E-state index contributed by atoms with van der Waals surface area (Å²) in [5, 5.41) is 6.18. The number of anilines is 2. The minimum Gasteiger partial charge on any atom is -0.366 e. The third-order valence-corrected chi connectivity index (χ3v) is 3.49. The highest BCUT2D eigenvalue weighted by atomic mass is 16.1. The molecular formula is C19H18N4O. The van der Waals surface area contributed by atoms with Crippen LogP contribution < -0.4 is 10.6 Å². The fourth-order valence-electron chi connectivity index (χ4n) is 2.30. The minimum absolute atomic E-state index is 0.150. The zero-order valence-corrected chi connectivity index (χ0v) is 13.4. The van der Waals surface area contributed by atoms with Crippen molar-refractivity contribution in [2.75, 3.05) is 10.6 Å². The number of hydrogen-bond acceptors (Lipinski definition) is 4. The molecule has 120 valence electrons. The van der Waals surface area contributed by atoms with Gasteiger partial charge >= 0.3 is 0 Å². The van der Waals surface area contributed by atoms with E-state index in [4.69, 9.17) is 0 Å². The van der Waals surface area contributed by atoms with Crippen molar-refractivity contribution in [2.45, 2.75) is 13.5 Å². The molecule has 0 radical (unpaired) electrons. The predicted molar refractivity (Wildman–Crippen MR) is 94.9 cm³/mol. The molecular weight excluding hydrogens is 300 g/mol. The molecule has 2 N–H and O–H groups in total. The Balaban J connectivity index is 1.65. The van der Waals surface area contributed by atoms with Crippen molar-refractivity contribution in [1.29, 1.82) is 0 Å². The number of rotatable bonds is 5. The quantitative estimate of drug-likeness (QED) is 0.753. The topological polar surface area (TPSA) is 66.9 Å². The molecule has 2 heterocycles. The zero-order chi connectivity index (χ0) is 16.8. The molecule has 24 heavy (non-hydrogen) atoms. The Labute approximate surface area is 140 Å². The molecule has 0 aliphatic rings. The van der Waals surface area contributed by atoms with Crippen LogP contribution in [0.1, 0.15) is 21.6 Å². The van der Waals surface area contributed by atoms with Gasteiger partial charge in [0.15, 0.2) is 0 Å². The van der Waals surface area contributed by atoms with Crippen molar-refractivity contribution in [2.24, 2.45) is 0 Å². The van der Waals surface area contributed by atoms with E-state index < -0.39 is 0 Å². The summed E-state index contributed by atoms with van der Waals surface area (Å²) in [6.07, 6.45) is 3.20. The first-order valence-electron chi connectivity index (χ1n) is 7.68. The summed E-state index contributed by atoms with van der Waals surface area (Å²) in [5.41, 5.74) is 3.37. The Morgan fingerprint density at radius 2 is 1.83 bits per heavy atom. The number of nitrogens with zero attached hydrogens (tertiary/aromatic N) is 2. The van der Waals surface area contributed by atoms with Crippen molar-refractivity contribution >= 4 is 17.4 Å². The molecule has 1 amide bonds. The van der Waals surface area contributed by atoms with Gasteiger partial charge in [-0.1, -0.05) is 18.2 Å². The third kappa shape index (κ3) is 4.16. The predicted octanol–water partition coefficient (Wildman–Crippen LogP) is 3.65. The van der Waals surface area contributed by atoms with Crippen LogP contribution in [-0.2, 0) is 6.54 Å². The SMILES string of the molecule is Cc1cccc(NCc2cccc(NC(=O)c3ccncc3)c2)n1. The molecule has 0 aliphatic carbocycles. The van der Waals surface area contributed by atoms with Crippen LogP contribution in [0.4, 0.5) is 11.5 Å². The van der Waals surface area contributed by atoms with Gasteiger partial charge in [0.25, 0.3) is 5.91 Å². The van der Waals surface area contributed by atoms with Gasteiger partial charge in [0, 0.05) is 35.9 Å². The first-order chi connectivity index (χ1) is 11.7. The number of benzene rings is 1. The highest BCUT2D eigenvalue weighted by Gasteiger charge is 2.05. The standard InChI is InChI=1S/C19H18N4O/c1-14-4-2-7-18(22-14)21-13-15-5-3-6-17(12-15)23-19(24)16-8-10-20-11-9-16/h2-12H,13H2,1H3,(H,21,22)(H,23,24). The Hall–Kier alpha value is -3.21. The first-order valence-corrected chi connectivity index (χ1v) is 7.68. The molecule has 3 rings (SSSR count). The maximum Gasteiger partial charge on any atom is 0.255 e. The molecule has 5 heteroatoms. The van der Waals surface area contributed by atoms with Crippen LogP contribution in [0.5, 0.6) is 0 Å². The van der Waals surface area contributed by atoms with Gasteiger partial charge in [-0.15, -0.1) is 0 Å². The van der Waals surface area contributed by atoms with Gasteiger partial charge in [0.1, 0.15) is 5.82 Å². The fraction of sp³-hybridized carbons (Fsp3) is 0.105. The number of nitrogens with one attached hydrogen (secondary N) is 2. The molecule has 0 fully saturated rings. The molecule has 3 aromatic rings. The second-order valence-corrected chi connectivity index (χ2v) is 5.41. The van der Waals surface area contributed by atoms with Gasteiger partial charge in [0.2, 0.25) is 0 Å². The third-order valence-electron chi connectivity index (χ3n) is 3.49. The molecule has 0 atom stereocenters. The second kappa shape index (κ2) is 7.37. The number of pyridine rings is 2. The van der Waals surface area contributed by atoms with Gasteiger partial charge in [-0.05, 0) is 48.9 Å². The maximum absolute atomic E-state index is 12.2. The van der Waals surface area contributed by atoms with E-state index in [1.807, 2.05) is 49.4 Å². The second-order valence-electron chi connectivity index (χ2n) is 5.41. The number of aromatic nitrogens is 2. The monoisotopic (exact) mass is 318 g/mol. The normalized spacial score (nSPS) is 10.2. The molecule has 0 unspecified atom stereocenters. The highest BCUT2D eigenvalue weighted by molar-refractivity contribution is 6.04. The first kappa shape index (κ1) is 15.7. The maximum atomic E-state index is 12.2. The Bertz CT molecular complexity index is 834. The zero-order valence-electron chi connectivity index (χ0n) is 13.4. The molecule has 1 aromatic carbocycles. The summed E-state index contributed by atoms with van der Waals surface area (Å²) in [5.74, 6) is 0.684. The van der Waals surface area contributed by atoms with E-state index >= 15 is 0 Å². The molecule has 5 nitrogen and oxygen atoms in total. The number of carbonyl (C=O) groups excluding carboxylic acids is 1. The van der Waals surface area contributed by atoms with Crippen LogP contribution >= 0.6 is 0 Å². The summed E-state index contributed by atoms with van der Waals surface area (Å²) in [6.45, 7) is 2.59. The van der Waals surface area contributed by atoms with Crippen LogP contribution in [-0.4, -0.2) is 15.9 Å². The van der Waals surface area contributed by atoms with Crippen LogP contribution in [0.15, 0.2) is 67.0 Å². The van der Waals surface area contributed by atoms with Gasteiger partial charge in [-0.3, -0.25) is 9.78 Å². The Morgan fingerprint density at radius 1 is 1.04 bits per heavy atom. The van der Waals surface area contributed by atoms with E-state index in [2.05, 4.69) is 20.6 Å². The lowest BCUT2D eigenvalue weighted by Crippen LogP contribution is -2.12. The van der Waals surface area contributed by atoms with E-state index in [1.165, 1.54) is 0 Å². The lowest BCUT2D eigenvalue weighted by Gasteiger charge is -2.09. The summed E-state index contributed by atoms with van der Waals surface area (Å²) >= 11 is 0. The Kier molecular flexibility index (Phi) is 4.81. The minimum atomic E-state index is -0.150. The molecule has 0 saturated carbocycles. The lowest BCUT2D eigenvalue weighted by molar-refractivity contribution is 0.102. The highest BCUT2D eigenvalue weighted by Crippen LogP contribution is 2.14. The van der Waals surface area contributed by atoms with E-state index in [0.29, 0.717) is 12.1 Å². The molecule has 0 bridgehead atoms. The number of hydrogen-bond donors (Lipinski definition) is 2. The van der Waals surface area contributed by atoms with Gasteiger partial charge in [-0.25, -0.2) is 4.98 Å². The average Bonchev–Trinajstić information content (AvgIpc) is 2.61. The van der Waals surface area contributed by atoms with Gasteiger partial charge in [0.05, 0.1) is 0 Å². The van der Waals surface area contributed by atoms with Gasteiger partial charge in [-0.2, -0.15) is 0 Å². The van der Waals surface area contributed by atoms with Crippen molar-refractivity contribution < 1.29 is 4.79 Å². The summed E-state index contributed by atoms with van der Waals surface area (Å²) in [6, 6.07) is 17.0. The van der Waals surface area contributed by atoms with Crippen molar-refractivity contribution in [3.05, 3.63) is 83.8 Å². The van der Waals surface area contributed by atoms with Crippen LogP contribution in [0.25, 0.3) is 0 Å². The van der Waals surface area contributed by atoms with Crippen molar-refractivity contribution in [1.82, 2.24) is 9.97 Å². The molecule has 0 spiro atoms. The lowest BCUT2D eigenvalue weighted by atomic mass is 10.2. The van der Waals surface area contributed by atoms with E-state index in [1.54, 1.807) is 24.5 Å². The molecule has 2 aromatic heterocycles. The largest absolute Gasteiger partial charge is 0.366 e. The van der Waals surface area contributed by atoms with E-state index in [9.17, 15) is 4.79 Å².